The van der Waals surface area contributed by atoms with Crippen molar-refractivity contribution in [3.63, 3.8) is 0 Å². The van der Waals surface area contributed by atoms with Gasteiger partial charge in [-0.3, -0.25) is 4.79 Å². The second kappa shape index (κ2) is 6.74. The van der Waals surface area contributed by atoms with E-state index in [4.69, 9.17) is 4.74 Å². The number of hydrogen-bond donors (Lipinski definition) is 2. The summed E-state index contributed by atoms with van der Waals surface area (Å²) in [5.41, 5.74) is 1.77. The van der Waals surface area contributed by atoms with Gasteiger partial charge >= 0.3 is 5.97 Å². The molecule has 1 aliphatic heterocycles. The van der Waals surface area contributed by atoms with Crippen molar-refractivity contribution in [1.29, 1.82) is 0 Å². The summed E-state index contributed by atoms with van der Waals surface area (Å²) in [4.78, 5) is 33.0. The molecule has 2 aromatic rings. The van der Waals surface area contributed by atoms with Crippen LogP contribution < -0.4 is 5.32 Å². The highest BCUT2D eigenvalue weighted by Gasteiger charge is 2.25. The van der Waals surface area contributed by atoms with E-state index in [1.54, 1.807) is 11.1 Å². The maximum absolute atomic E-state index is 12.1. The molecule has 1 aliphatic rings. The number of aromatic amines is 1. The van der Waals surface area contributed by atoms with E-state index >= 15 is 0 Å². The Labute approximate surface area is 139 Å². The molecule has 1 fully saturated rings. The largest absolute Gasteiger partial charge is 0.465 e. The number of H-pyrrole nitrogens is 1. The first-order valence-corrected chi connectivity index (χ1v) is 7.86. The predicted octanol–water partition coefficient (Wildman–Crippen LogP) is 1.94. The van der Waals surface area contributed by atoms with Crippen molar-refractivity contribution in [2.75, 3.05) is 25.5 Å². The van der Waals surface area contributed by atoms with Crippen LogP contribution in [0, 0.1) is 0 Å². The smallest absolute Gasteiger partial charge is 0.341 e. The molecule has 0 saturated carbocycles. The monoisotopic (exact) mass is 328 g/mol. The summed E-state index contributed by atoms with van der Waals surface area (Å²) in [6.45, 7) is 4.84. The number of rotatable bonds is 4. The number of piperidine rings is 1. The molecule has 7 heteroatoms. The number of hydrogen-bond acceptors (Lipinski definition) is 5. The Hall–Kier alpha value is -2.83. The van der Waals surface area contributed by atoms with Gasteiger partial charge < -0.3 is 19.9 Å². The van der Waals surface area contributed by atoms with Crippen molar-refractivity contribution in [3.8, 4) is 0 Å². The van der Waals surface area contributed by atoms with Crippen molar-refractivity contribution in [2.45, 2.75) is 18.9 Å². The van der Waals surface area contributed by atoms with Crippen LogP contribution in [-0.4, -0.2) is 53.0 Å². The average molecular weight is 328 g/mol. The van der Waals surface area contributed by atoms with Crippen molar-refractivity contribution in [2.24, 2.45) is 0 Å². The summed E-state index contributed by atoms with van der Waals surface area (Å²) in [6, 6.07) is 1.92. The lowest BCUT2D eigenvalue weighted by molar-refractivity contribution is -0.127. The molecule has 0 unspecified atom stereocenters. The Morgan fingerprint density at radius 1 is 1.54 bits per heavy atom. The van der Waals surface area contributed by atoms with Gasteiger partial charge in [-0.2, -0.15) is 0 Å². The molecule has 0 bridgehead atoms. The van der Waals surface area contributed by atoms with E-state index in [9.17, 15) is 9.59 Å². The van der Waals surface area contributed by atoms with Crippen LogP contribution in [0.4, 0.5) is 5.69 Å². The first kappa shape index (κ1) is 16.0. The number of ether oxygens (including phenoxy) is 1. The zero-order valence-electron chi connectivity index (χ0n) is 13.5. The van der Waals surface area contributed by atoms with Crippen molar-refractivity contribution >= 4 is 28.6 Å². The second-order valence-corrected chi connectivity index (χ2v) is 5.75. The van der Waals surface area contributed by atoms with E-state index in [1.807, 2.05) is 6.07 Å². The van der Waals surface area contributed by atoms with Crippen LogP contribution in [0.5, 0.6) is 0 Å². The minimum atomic E-state index is -0.442. The van der Waals surface area contributed by atoms with E-state index < -0.39 is 5.97 Å². The third kappa shape index (κ3) is 2.97. The number of carbonyl (C=O) groups is 2. The fourth-order valence-electron chi connectivity index (χ4n) is 3.06. The van der Waals surface area contributed by atoms with Crippen LogP contribution in [0.1, 0.15) is 23.2 Å². The number of pyridine rings is 1. The fourth-order valence-corrected chi connectivity index (χ4v) is 3.06. The van der Waals surface area contributed by atoms with E-state index in [-0.39, 0.29) is 11.9 Å². The number of amides is 1. The van der Waals surface area contributed by atoms with E-state index in [1.165, 1.54) is 19.4 Å². The molecule has 3 rings (SSSR count). The molecule has 24 heavy (non-hydrogen) atoms. The number of likely N-dealkylation sites (tertiary alicyclic amines) is 1. The normalized spacial score (nSPS) is 17.5. The Balaban J connectivity index is 1.90. The summed E-state index contributed by atoms with van der Waals surface area (Å²) < 4.78 is 4.86. The van der Waals surface area contributed by atoms with Gasteiger partial charge in [0, 0.05) is 36.9 Å². The quantitative estimate of drug-likeness (QED) is 0.661. The van der Waals surface area contributed by atoms with Crippen LogP contribution in [0.25, 0.3) is 11.0 Å². The number of methoxy groups -OCH3 is 1. The molecule has 1 saturated heterocycles. The molecule has 0 aliphatic carbocycles. The minimum Gasteiger partial charge on any atom is -0.465 e. The zero-order valence-corrected chi connectivity index (χ0v) is 13.5. The molecule has 2 N–H and O–H groups in total. The van der Waals surface area contributed by atoms with Gasteiger partial charge in [0.25, 0.3) is 0 Å². The Morgan fingerprint density at radius 2 is 2.38 bits per heavy atom. The molecule has 2 aromatic heterocycles. The van der Waals surface area contributed by atoms with Crippen LogP contribution in [0.15, 0.2) is 31.1 Å². The summed E-state index contributed by atoms with van der Waals surface area (Å²) in [7, 11) is 1.35. The fraction of sp³-hybridized carbons (Fsp3) is 0.353. The third-order valence-electron chi connectivity index (χ3n) is 4.25. The van der Waals surface area contributed by atoms with Gasteiger partial charge in [0.1, 0.15) is 11.2 Å². The van der Waals surface area contributed by atoms with Crippen LogP contribution in [0.2, 0.25) is 0 Å². The highest BCUT2D eigenvalue weighted by atomic mass is 16.5. The number of carbonyl (C=O) groups excluding carboxylic acids is 2. The predicted molar refractivity (Wildman–Crippen MR) is 90.9 cm³/mol. The van der Waals surface area contributed by atoms with Crippen molar-refractivity contribution in [1.82, 2.24) is 14.9 Å². The summed E-state index contributed by atoms with van der Waals surface area (Å²) in [5, 5.41) is 4.24. The van der Waals surface area contributed by atoms with Crippen LogP contribution >= 0.6 is 0 Å². The maximum atomic E-state index is 12.1. The number of fused-ring (bicyclic) bond motifs is 1. The Kier molecular flexibility index (Phi) is 4.50. The number of aromatic nitrogens is 2. The first-order valence-electron chi connectivity index (χ1n) is 7.86. The average Bonchev–Trinajstić information content (AvgIpc) is 3.10. The molecule has 3 heterocycles. The summed E-state index contributed by atoms with van der Waals surface area (Å²) >= 11 is 0. The lowest BCUT2D eigenvalue weighted by Crippen LogP contribution is -2.44. The summed E-state index contributed by atoms with van der Waals surface area (Å²) in [6.07, 6.45) is 6.42. The molecule has 0 aromatic carbocycles. The highest BCUT2D eigenvalue weighted by molar-refractivity contribution is 6.04. The Morgan fingerprint density at radius 3 is 3.12 bits per heavy atom. The number of esters is 1. The standard InChI is InChI=1S/C17H20N4O3/c1-3-14(22)21-8-4-5-11(10-21)20-15-12-6-7-18-16(12)19-9-13(15)17(23)24-2/h3,6-7,9,11H,1,4-5,8,10H2,2H3,(H2,18,19,20)/t11-/m1/s1. The lowest BCUT2D eigenvalue weighted by atomic mass is 10.0. The van der Waals surface area contributed by atoms with Gasteiger partial charge in [0.05, 0.1) is 12.8 Å². The van der Waals surface area contributed by atoms with Crippen LogP contribution in [0.3, 0.4) is 0 Å². The maximum Gasteiger partial charge on any atom is 0.341 e. The van der Waals surface area contributed by atoms with Gasteiger partial charge in [-0.05, 0) is 25.0 Å². The highest BCUT2D eigenvalue weighted by Crippen LogP contribution is 2.28. The molecule has 1 amide bonds. The number of nitrogens with zero attached hydrogens (tertiary/aromatic N) is 2. The Bertz CT molecular complexity index is 783. The first-order chi connectivity index (χ1) is 11.6. The van der Waals surface area contributed by atoms with Gasteiger partial charge in [0.2, 0.25) is 5.91 Å². The van der Waals surface area contributed by atoms with Gasteiger partial charge in [0.15, 0.2) is 0 Å². The topological polar surface area (TPSA) is 87.3 Å². The van der Waals surface area contributed by atoms with Gasteiger partial charge in [-0.15, -0.1) is 0 Å². The van der Waals surface area contributed by atoms with Crippen molar-refractivity contribution in [3.05, 3.63) is 36.7 Å². The molecular formula is C17H20N4O3. The van der Waals surface area contributed by atoms with E-state index in [2.05, 4.69) is 21.9 Å². The molecule has 1 atom stereocenters. The molecule has 126 valence electrons. The number of anilines is 1. The van der Waals surface area contributed by atoms with Crippen molar-refractivity contribution < 1.29 is 14.3 Å². The molecular weight excluding hydrogens is 308 g/mol. The van der Waals surface area contributed by atoms with Crippen LogP contribution in [-0.2, 0) is 9.53 Å². The van der Waals surface area contributed by atoms with Gasteiger partial charge in [-0.1, -0.05) is 6.58 Å². The number of nitrogens with one attached hydrogen (secondary N) is 2. The molecule has 0 spiro atoms. The van der Waals surface area contributed by atoms with Gasteiger partial charge in [-0.25, -0.2) is 9.78 Å². The lowest BCUT2D eigenvalue weighted by Gasteiger charge is -2.33. The second-order valence-electron chi connectivity index (χ2n) is 5.75. The van der Waals surface area contributed by atoms with E-state index in [0.717, 1.165) is 24.8 Å². The minimum absolute atomic E-state index is 0.0477. The SMILES string of the molecule is C=CC(=O)N1CCC[C@@H](Nc2c(C(=O)OC)cnc3[nH]ccc23)C1. The molecule has 7 nitrogen and oxygen atoms in total. The van der Waals surface area contributed by atoms with E-state index in [0.29, 0.717) is 23.4 Å². The zero-order chi connectivity index (χ0) is 17.1. The molecule has 0 radical (unpaired) electrons. The summed E-state index contributed by atoms with van der Waals surface area (Å²) in [5.74, 6) is -0.515. The third-order valence-corrected chi connectivity index (χ3v) is 4.25.